The molecule has 20 heavy (non-hydrogen) atoms. The predicted molar refractivity (Wildman–Crippen MR) is 82.1 cm³/mol. The summed E-state index contributed by atoms with van der Waals surface area (Å²) >= 11 is 1.53. The Bertz CT molecular complexity index is 690. The number of aryl methyl sites for hydroxylation is 1. The van der Waals surface area contributed by atoms with Crippen molar-refractivity contribution < 1.29 is 17.0 Å². The van der Waals surface area contributed by atoms with Gasteiger partial charge in [0.25, 0.3) is 0 Å². The van der Waals surface area contributed by atoms with Crippen LogP contribution >= 0.6 is 11.3 Å². The summed E-state index contributed by atoms with van der Waals surface area (Å²) in [5.74, 6) is 0. The third kappa shape index (κ3) is 2.92. The lowest BCUT2D eigenvalue weighted by atomic mass is 10.1. The molecule has 0 bridgehead atoms. The van der Waals surface area contributed by atoms with Crippen LogP contribution in [0.25, 0.3) is 21.7 Å². The number of nitrogens with two attached hydrogens (primary N) is 1. The molecule has 3 rings (SSSR count). The summed E-state index contributed by atoms with van der Waals surface area (Å²) in [6.07, 6.45) is 0. The van der Waals surface area contributed by atoms with Gasteiger partial charge in [0.05, 0.1) is 10.6 Å². The number of hydrogen-bond donors (Lipinski definition) is 1. The van der Waals surface area contributed by atoms with Crippen molar-refractivity contribution >= 4 is 16.5 Å². The molecule has 0 fully saturated rings. The maximum absolute atomic E-state index is 5.89. The highest BCUT2D eigenvalue weighted by molar-refractivity contribution is 7.19. The zero-order valence-corrected chi connectivity index (χ0v) is 13.4. The molecule has 4 heteroatoms. The van der Waals surface area contributed by atoms with E-state index in [2.05, 4.69) is 48.3 Å². The van der Waals surface area contributed by atoms with Crippen molar-refractivity contribution in [2.24, 2.45) is 0 Å². The highest BCUT2D eigenvalue weighted by atomic mass is 79.9. The minimum Gasteiger partial charge on any atom is -1.00 e. The normalized spacial score (nSPS) is 10.1. The second-order valence-corrected chi connectivity index (χ2v) is 5.49. The number of aromatic nitrogens is 1. The van der Waals surface area contributed by atoms with E-state index in [-0.39, 0.29) is 17.0 Å². The van der Waals surface area contributed by atoms with Crippen LogP contribution < -0.4 is 22.7 Å². The van der Waals surface area contributed by atoms with Crippen LogP contribution in [0.5, 0.6) is 0 Å². The van der Waals surface area contributed by atoms with Crippen LogP contribution in [0, 0.1) is 6.92 Å². The van der Waals surface area contributed by atoms with Crippen LogP contribution in [-0.2, 0) is 0 Å². The largest absolute Gasteiger partial charge is 1.00 e. The molecule has 2 N–H and O–H groups in total. The second-order valence-electron chi connectivity index (χ2n) is 4.46. The standard InChI is InChI=1S/C16H14N2S.BrH/c1-11-7-9-12(10-8-11)14-15(19-16(17)18-14)13-5-3-2-4-6-13;/h2-10H,1H3,(H2,17,18);1H/p-1. The number of benzene rings is 2. The average molecular weight is 346 g/mol. The van der Waals surface area contributed by atoms with E-state index in [9.17, 15) is 0 Å². The van der Waals surface area contributed by atoms with Gasteiger partial charge in [-0.05, 0) is 12.5 Å². The molecule has 0 radical (unpaired) electrons. The van der Waals surface area contributed by atoms with Gasteiger partial charge in [-0.2, -0.15) is 0 Å². The smallest absolute Gasteiger partial charge is 0.181 e. The van der Waals surface area contributed by atoms with E-state index >= 15 is 0 Å². The molecule has 0 aliphatic heterocycles. The van der Waals surface area contributed by atoms with Crippen molar-refractivity contribution in [3.05, 3.63) is 60.2 Å². The van der Waals surface area contributed by atoms with Gasteiger partial charge in [-0.1, -0.05) is 71.5 Å². The maximum Gasteiger partial charge on any atom is 0.181 e. The minimum atomic E-state index is 0. The summed E-state index contributed by atoms with van der Waals surface area (Å²) in [6.45, 7) is 2.08. The highest BCUT2D eigenvalue weighted by Gasteiger charge is 2.13. The Morgan fingerprint density at radius 2 is 1.55 bits per heavy atom. The Kier molecular flexibility index (Phi) is 4.57. The van der Waals surface area contributed by atoms with Crippen LogP contribution in [0.4, 0.5) is 5.13 Å². The Hall–Kier alpha value is -1.65. The van der Waals surface area contributed by atoms with Crippen LogP contribution in [0.3, 0.4) is 0 Å². The van der Waals surface area contributed by atoms with Crippen LogP contribution in [-0.4, -0.2) is 4.98 Å². The number of nitrogens with zero attached hydrogens (tertiary/aromatic N) is 1. The quantitative estimate of drug-likeness (QED) is 0.761. The van der Waals surface area contributed by atoms with E-state index < -0.39 is 0 Å². The average Bonchev–Trinajstić information content (AvgIpc) is 2.83. The molecule has 0 atom stereocenters. The van der Waals surface area contributed by atoms with Gasteiger partial charge in [0.15, 0.2) is 5.13 Å². The molecule has 0 unspecified atom stereocenters. The van der Waals surface area contributed by atoms with E-state index in [0.29, 0.717) is 5.13 Å². The van der Waals surface area contributed by atoms with Crippen LogP contribution in [0.1, 0.15) is 5.56 Å². The number of halogens is 1. The fraction of sp³-hybridized carbons (Fsp3) is 0.0625. The zero-order valence-electron chi connectivity index (χ0n) is 11.0. The molecule has 1 aromatic heterocycles. The lowest BCUT2D eigenvalue weighted by Crippen LogP contribution is -3.00. The fourth-order valence-electron chi connectivity index (χ4n) is 2.03. The van der Waals surface area contributed by atoms with Gasteiger partial charge < -0.3 is 22.7 Å². The Morgan fingerprint density at radius 1 is 0.900 bits per heavy atom. The van der Waals surface area contributed by atoms with Crippen molar-refractivity contribution in [1.29, 1.82) is 0 Å². The number of rotatable bonds is 2. The van der Waals surface area contributed by atoms with Crippen molar-refractivity contribution in [2.75, 3.05) is 5.73 Å². The van der Waals surface area contributed by atoms with Gasteiger partial charge in [0.1, 0.15) is 0 Å². The molecule has 1 heterocycles. The molecule has 0 amide bonds. The summed E-state index contributed by atoms with van der Waals surface area (Å²) in [4.78, 5) is 5.61. The highest BCUT2D eigenvalue weighted by Crippen LogP contribution is 2.37. The molecule has 0 saturated carbocycles. The lowest BCUT2D eigenvalue weighted by molar-refractivity contribution is -0.00000380. The lowest BCUT2D eigenvalue weighted by Gasteiger charge is -2.03. The first kappa shape index (κ1) is 14.8. The first-order chi connectivity index (χ1) is 9.24. The molecular weight excluding hydrogens is 332 g/mol. The topological polar surface area (TPSA) is 38.9 Å². The fourth-order valence-corrected chi connectivity index (χ4v) is 2.89. The minimum absolute atomic E-state index is 0. The molecular formula is C16H14BrN2S-. The predicted octanol–water partition coefficient (Wildman–Crippen LogP) is 1.37. The monoisotopic (exact) mass is 345 g/mol. The summed E-state index contributed by atoms with van der Waals surface area (Å²) < 4.78 is 0. The molecule has 0 saturated heterocycles. The molecule has 2 aromatic carbocycles. The molecule has 0 spiro atoms. The van der Waals surface area contributed by atoms with E-state index in [4.69, 9.17) is 5.73 Å². The van der Waals surface area contributed by atoms with E-state index in [0.717, 1.165) is 21.7 Å². The molecule has 2 nitrogen and oxygen atoms in total. The van der Waals surface area contributed by atoms with Crippen LogP contribution in [0.15, 0.2) is 54.6 Å². The summed E-state index contributed by atoms with van der Waals surface area (Å²) in [5.41, 5.74) is 10.4. The van der Waals surface area contributed by atoms with Gasteiger partial charge in [-0.3, -0.25) is 0 Å². The van der Waals surface area contributed by atoms with E-state index in [1.54, 1.807) is 0 Å². The third-order valence-electron chi connectivity index (χ3n) is 3.00. The SMILES string of the molecule is Cc1ccc(-c2nc(N)sc2-c2ccccc2)cc1.[Br-]. The third-order valence-corrected chi connectivity index (χ3v) is 3.94. The van der Waals surface area contributed by atoms with Gasteiger partial charge in [0.2, 0.25) is 0 Å². The van der Waals surface area contributed by atoms with Gasteiger partial charge in [0, 0.05) is 5.56 Å². The summed E-state index contributed by atoms with van der Waals surface area (Å²) in [7, 11) is 0. The van der Waals surface area contributed by atoms with Gasteiger partial charge >= 0.3 is 0 Å². The number of hydrogen-bond acceptors (Lipinski definition) is 3. The van der Waals surface area contributed by atoms with E-state index in [1.807, 2.05) is 18.2 Å². The first-order valence-electron chi connectivity index (χ1n) is 6.13. The van der Waals surface area contributed by atoms with Crippen molar-refractivity contribution in [2.45, 2.75) is 6.92 Å². The maximum atomic E-state index is 5.89. The molecule has 0 aliphatic rings. The van der Waals surface area contributed by atoms with Gasteiger partial charge in [-0.15, -0.1) is 0 Å². The number of thiazole rings is 1. The molecule has 3 aromatic rings. The Morgan fingerprint density at radius 3 is 2.20 bits per heavy atom. The van der Waals surface area contributed by atoms with Crippen LogP contribution in [0.2, 0.25) is 0 Å². The summed E-state index contributed by atoms with van der Waals surface area (Å²) in [6, 6.07) is 18.6. The summed E-state index contributed by atoms with van der Waals surface area (Å²) in [5, 5.41) is 0.606. The first-order valence-corrected chi connectivity index (χ1v) is 6.94. The van der Waals surface area contributed by atoms with Crippen molar-refractivity contribution in [3.8, 4) is 21.7 Å². The molecule has 0 aliphatic carbocycles. The van der Waals surface area contributed by atoms with Crippen molar-refractivity contribution in [1.82, 2.24) is 4.98 Å². The number of anilines is 1. The van der Waals surface area contributed by atoms with E-state index in [1.165, 1.54) is 16.9 Å². The second kappa shape index (κ2) is 6.20. The Labute approximate surface area is 133 Å². The van der Waals surface area contributed by atoms with Gasteiger partial charge in [-0.25, -0.2) is 4.98 Å². The Balaban J connectivity index is 0.00000147. The van der Waals surface area contributed by atoms with Crippen molar-refractivity contribution in [3.63, 3.8) is 0 Å². The molecule has 102 valence electrons. The zero-order chi connectivity index (χ0) is 13.2. The number of nitrogen functional groups attached to an aromatic ring is 1.